The van der Waals surface area contributed by atoms with Crippen LogP contribution < -0.4 is 4.74 Å². The van der Waals surface area contributed by atoms with Crippen LogP contribution in [0.15, 0.2) is 36.3 Å². The molecular weight excluding hydrogens is 414 g/mol. The molecule has 32 heavy (non-hydrogen) atoms. The second-order valence-corrected chi connectivity index (χ2v) is 8.54. The van der Waals surface area contributed by atoms with Crippen LogP contribution in [-0.2, 0) is 19.0 Å². The van der Waals surface area contributed by atoms with Crippen molar-refractivity contribution in [2.45, 2.75) is 38.4 Å². The number of aliphatic hydroxyl groups excluding tert-OH is 1. The molecule has 1 saturated carbocycles. The van der Waals surface area contributed by atoms with E-state index in [0.717, 1.165) is 19.5 Å². The maximum Gasteiger partial charge on any atom is 0.338 e. The van der Waals surface area contributed by atoms with Crippen LogP contribution in [0.1, 0.15) is 36.5 Å². The smallest absolute Gasteiger partial charge is 0.338 e. The Hall–Kier alpha value is -2.42. The van der Waals surface area contributed by atoms with Gasteiger partial charge in [-0.25, -0.2) is 4.79 Å². The highest BCUT2D eigenvalue weighted by Crippen LogP contribution is 2.38. The minimum Gasteiger partial charge on any atom is -0.493 e. The van der Waals surface area contributed by atoms with E-state index < -0.39 is 6.10 Å². The third-order valence-electron chi connectivity index (χ3n) is 6.33. The molecule has 1 aromatic carbocycles. The monoisotopic (exact) mass is 445 g/mol. The van der Waals surface area contributed by atoms with Gasteiger partial charge in [-0.05, 0) is 43.5 Å². The van der Waals surface area contributed by atoms with Gasteiger partial charge in [-0.15, -0.1) is 0 Å². The molecule has 1 saturated heterocycles. The molecule has 0 amide bonds. The summed E-state index contributed by atoms with van der Waals surface area (Å²) in [7, 11) is 0. The molecule has 0 aromatic heterocycles. The Balaban J connectivity index is 1.41. The molecule has 1 aliphatic carbocycles. The van der Waals surface area contributed by atoms with E-state index in [1.807, 2.05) is 6.92 Å². The van der Waals surface area contributed by atoms with Crippen LogP contribution in [0.3, 0.4) is 0 Å². The van der Waals surface area contributed by atoms with Crippen molar-refractivity contribution in [3.8, 4) is 5.75 Å². The summed E-state index contributed by atoms with van der Waals surface area (Å²) in [5, 5.41) is 10.6. The Labute approximate surface area is 188 Å². The number of fused-ring (bicyclic) bond motifs is 1. The number of rotatable bonds is 7. The van der Waals surface area contributed by atoms with Gasteiger partial charge in [0, 0.05) is 25.6 Å². The molecule has 4 rings (SSSR count). The predicted molar refractivity (Wildman–Crippen MR) is 115 cm³/mol. The summed E-state index contributed by atoms with van der Waals surface area (Å²) in [4.78, 5) is 27.3. The summed E-state index contributed by atoms with van der Waals surface area (Å²) < 4.78 is 22.3. The molecule has 3 aliphatic rings. The van der Waals surface area contributed by atoms with Gasteiger partial charge < -0.3 is 24.1 Å². The molecule has 1 aromatic rings. The first-order valence-electron chi connectivity index (χ1n) is 11.4. The molecule has 0 bridgehead atoms. The Morgan fingerprint density at radius 3 is 2.66 bits per heavy atom. The van der Waals surface area contributed by atoms with Gasteiger partial charge in [0.05, 0.1) is 37.4 Å². The standard InChI is InChI=1S/C24H31NO7/c1-2-11-30-24(28)16-3-5-17(6-4-16)32-21-15-31-23-18(22(21)27)7-8-20(26)19(23)14-25-9-12-29-13-10-25/h3-6,15,18-20,23,26H,2,7-14H2,1H3. The highest BCUT2D eigenvalue weighted by Gasteiger charge is 2.47. The highest BCUT2D eigenvalue weighted by atomic mass is 16.5. The summed E-state index contributed by atoms with van der Waals surface area (Å²) in [5.74, 6) is -0.376. The van der Waals surface area contributed by atoms with Gasteiger partial charge in [-0.2, -0.15) is 0 Å². The van der Waals surface area contributed by atoms with E-state index in [9.17, 15) is 14.7 Å². The van der Waals surface area contributed by atoms with Crippen molar-refractivity contribution in [3.05, 3.63) is 41.9 Å². The van der Waals surface area contributed by atoms with Crippen LogP contribution in [0, 0.1) is 11.8 Å². The summed E-state index contributed by atoms with van der Waals surface area (Å²) in [6.45, 7) is 6.00. The van der Waals surface area contributed by atoms with Crippen molar-refractivity contribution in [3.63, 3.8) is 0 Å². The zero-order valence-corrected chi connectivity index (χ0v) is 18.4. The second kappa shape index (κ2) is 10.5. The molecular formula is C24H31NO7. The third kappa shape index (κ3) is 5.14. The Bertz CT molecular complexity index is 831. The van der Waals surface area contributed by atoms with Gasteiger partial charge in [0.15, 0.2) is 0 Å². The van der Waals surface area contributed by atoms with Gasteiger partial charge in [0.25, 0.3) is 0 Å². The molecule has 0 spiro atoms. The first-order valence-corrected chi connectivity index (χ1v) is 11.4. The maximum atomic E-state index is 13.1. The summed E-state index contributed by atoms with van der Waals surface area (Å²) in [6, 6.07) is 6.49. The molecule has 1 N–H and O–H groups in total. The number of hydrogen-bond donors (Lipinski definition) is 1. The normalized spacial score (nSPS) is 28.3. The van der Waals surface area contributed by atoms with E-state index in [1.165, 1.54) is 6.26 Å². The zero-order valence-electron chi connectivity index (χ0n) is 18.4. The number of aliphatic hydroxyl groups is 1. The zero-order chi connectivity index (χ0) is 22.5. The lowest BCUT2D eigenvalue weighted by atomic mass is 9.73. The first kappa shape index (κ1) is 22.8. The summed E-state index contributed by atoms with van der Waals surface area (Å²) in [5.41, 5.74) is 0.429. The number of nitrogens with zero attached hydrogens (tertiary/aromatic N) is 1. The van der Waals surface area contributed by atoms with E-state index in [0.29, 0.717) is 50.5 Å². The fourth-order valence-corrected chi connectivity index (χ4v) is 4.55. The number of Topliss-reactive ketones (excluding diaryl/α,β-unsaturated/α-hetero) is 1. The minimum atomic E-state index is -0.497. The van der Waals surface area contributed by atoms with Crippen LogP contribution in [0.2, 0.25) is 0 Å². The number of carbonyl (C=O) groups excluding carboxylic acids is 2. The van der Waals surface area contributed by atoms with Gasteiger partial charge in [-0.3, -0.25) is 9.69 Å². The van der Waals surface area contributed by atoms with Crippen molar-refractivity contribution in [2.24, 2.45) is 11.8 Å². The van der Waals surface area contributed by atoms with E-state index in [1.54, 1.807) is 24.3 Å². The average molecular weight is 446 g/mol. The van der Waals surface area contributed by atoms with Gasteiger partial charge in [0.2, 0.25) is 11.5 Å². The molecule has 4 atom stereocenters. The molecule has 8 heteroatoms. The molecule has 0 radical (unpaired) electrons. The molecule has 4 unspecified atom stereocenters. The lowest BCUT2D eigenvalue weighted by molar-refractivity contribution is -0.140. The van der Waals surface area contributed by atoms with Crippen molar-refractivity contribution in [2.75, 3.05) is 39.5 Å². The third-order valence-corrected chi connectivity index (χ3v) is 6.33. The fourth-order valence-electron chi connectivity index (χ4n) is 4.55. The number of ether oxygens (including phenoxy) is 4. The Kier molecular flexibility index (Phi) is 7.44. The average Bonchev–Trinajstić information content (AvgIpc) is 2.82. The van der Waals surface area contributed by atoms with Crippen molar-refractivity contribution in [1.82, 2.24) is 4.90 Å². The minimum absolute atomic E-state index is 0.105. The number of morpholine rings is 1. The van der Waals surface area contributed by atoms with E-state index in [2.05, 4.69) is 4.90 Å². The van der Waals surface area contributed by atoms with Gasteiger partial charge in [0.1, 0.15) is 18.1 Å². The number of allylic oxidation sites excluding steroid dienone is 1. The lowest BCUT2D eigenvalue weighted by Crippen LogP contribution is -2.53. The van der Waals surface area contributed by atoms with Crippen molar-refractivity contribution < 1.29 is 33.6 Å². The topological polar surface area (TPSA) is 94.5 Å². The summed E-state index contributed by atoms with van der Waals surface area (Å²) in [6.07, 6.45) is 2.40. The van der Waals surface area contributed by atoms with Gasteiger partial charge >= 0.3 is 5.97 Å². The Morgan fingerprint density at radius 2 is 1.94 bits per heavy atom. The Morgan fingerprint density at radius 1 is 1.19 bits per heavy atom. The van der Waals surface area contributed by atoms with Crippen molar-refractivity contribution in [1.29, 1.82) is 0 Å². The van der Waals surface area contributed by atoms with Crippen LogP contribution in [0.4, 0.5) is 0 Å². The fraction of sp³-hybridized carbons (Fsp3) is 0.583. The molecule has 174 valence electrons. The van der Waals surface area contributed by atoms with Crippen LogP contribution in [0.5, 0.6) is 5.75 Å². The van der Waals surface area contributed by atoms with Crippen LogP contribution >= 0.6 is 0 Å². The largest absolute Gasteiger partial charge is 0.493 e. The molecule has 2 fully saturated rings. The number of benzene rings is 1. The van der Waals surface area contributed by atoms with Crippen molar-refractivity contribution >= 4 is 11.8 Å². The quantitative estimate of drug-likeness (QED) is 0.638. The molecule has 2 aliphatic heterocycles. The summed E-state index contributed by atoms with van der Waals surface area (Å²) >= 11 is 0. The lowest BCUT2D eigenvalue weighted by Gasteiger charge is -2.43. The maximum absolute atomic E-state index is 13.1. The van der Waals surface area contributed by atoms with Crippen LogP contribution in [-0.4, -0.2) is 73.4 Å². The number of hydrogen-bond acceptors (Lipinski definition) is 8. The van der Waals surface area contributed by atoms with E-state index >= 15 is 0 Å². The number of esters is 1. The number of ketones is 1. The number of carbonyl (C=O) groups is 2. The van der Waals surface area contributed by atoms with Gasteiger partial charge in [-0.1, -0.05) is 6.92 Å². The second-order valence-electron chi connectivity index (χ2n) is 8.54. The van der Waals surface area contributed by atoms with E-state index in [4.69, 9.17) is 18.9 Å². The first-order chi connectivity index (χ1) is 15.6. The van der Waals surface area contributed by atoms with Crippen LogP contribution in [0.25, 0.3) is 0 Å². The predicted octanol–water partition coefficient (Wildman–Crippen LogP) is 2.16. The van der Waals surface area contributed by atoms with E-state index in [-0.39, 0.29) is 35.5 Å². The SMILES string of the molecule is CCCOC(=O)c1ccc(OC2=COC3C(CCC(O)C3CN3CCOCC3)C2=O)cc1. The molecule has 2 heterocycles. The highest BCUT2D eigenvalue weighted by molar-refractivity contribution is 5.96. The molecule has 8 nitrogen and oxygen atoms in total.